The molecule has 1 atom stereocenters. The van der Waals surface area contributed by atoms with Crippen molar-refractivity contribution >= 4 is 15.5 Å². The van der Waals surface area contributed by atoms with E-state index in [1.165, 1.54) is 0 Å². The first kappa shape index (κ1) is 4.22. The Balaban J connectivity index is 1.88. The summed E-state index contributed by atoms with van der Waals surface area (Å²) in [6.45, 7) is 0.897. The maximum atomic E-state index is 4.82. The fraction of sp³-hybridized carbons (Fsp3) is 1.00. The van der Waals surface area contributed by atoms with E-state index in [0.717, 1.165) is 14.1 Å². The van der Waals surface area contributed by atoms with Gasteiger partial charge in [-0.15, -0.1) is 0 Å². The highest BCUT2D eigenvalue weighted by molar-refractivity contribution is 6.36. The average Bonchev–Trinajstić information content (AvgIpc) is 2.21. The van der Waals surface area contributed by atoms with Gasteiger partial charge in [0.2, 0.25) is 8.05 Å². The molecular weight excluding hydrogens is 77.6 g/mol. The maximum Gasteiger partial charge on any atom is 0.290 e. The summed E-state index contributed by atoms with van der Waals surface area (Å²) in [7, 11) is 2.45. The zero-order valence-electron chi connectivity index (χ0n) is 3.81. The molecule has 32 valence electrons. The Morgan fingerprint density at radius 1 is 2.00 bits per heavy atom. The lowest BCUT2D eigenvalue weighted by molar-refractivity contribution is 0.443. The summed E-state index contributed by atoms with van der Waals surface area (Å²) in [5.74, 6) is 0. The molecule has 0 bridgehead atoms. The van der Waals surface area contributed by atoms with E-state index in [-0.39, 0.29) is 0 Å². The van der Waals surface area contributed by atoms with E-state index in [1.807, 2.05) is 0 Å². The summed E-state index contributed by atoms with van der Waals surface area (Å²) in [5.41, 5.74) is 0. The lowest BCUT2D eigenvalue weighted by Crippen LogP contribution is -2.02. The molecule has 1 aliphatic rings. The minimum absolute atomic E-state index is 0.426. The predicted molar refractivity (Wildman–Crippen MR) is 26.5 cm³/mol. The number of epoxide rings is 1. The number of hydrogen-bond acceptors (Lipinski definition) is 2. The molecule has 0 aliphatic carbocycles. The Hall–Kier alpha value is 0.0499. The maximum absolute atomic E-state index is 4.82. The topological polar surface area (TPSA) is 21.8 Å². The Morgan fingerprint density at radius 3 is 2.83 bits per heavy atom. The first-order valence-corrected chi connectivity index (χ1v) is 2.04. The van der Waals surface area contributed by atoms with Crippen LogP contribution in [-0.2, 0) is 9.31 Å². The van der Waals surface area contributed by atoms with Gasteiger partial charge in [-0.3, -0.25) is 0 Å². The second kappa shape index (κ2) is 1.67. The molecule has 1 heterocycles. The normalized spacial score (nSPS) is 29.7. The van der Waals surface area contributed by atoms with Gasteiger partial charge >= 0.3 is 0 Å². The largest absolute Gasteiger partial charge is 0.505 e. The summed E-state index contributed by atoms with van der Waals surface area (Å²) < 4.78 is 9.56. The SMILES string of the molecule is BOBC1CO1. The summed E-state index contributed by atoms with van der Waals surface area (Å²) in [5, 5.41) is 0. The summed E-state index contributed by atoms with van der Waals surface area (Å²) in [4.78, 5) is 0. The molecule has 2 nitrogen and oxygen atoms in total. The molecule has 0 saturated carbocycles. The average molecular weight is 83.7 g/mol. The lowest BCUT2D eigenvalue weighted by atomic mass is 9.95. The number of hydrogen-bond donors (Lipinski definition) is 0. The fourth-order valence-electron chi connectivity index (χ4n) is 0.350. The monoisotopic (exact) mass is 84.1 g/mol. The number of rotatable bonds is 2. The minimum Gasteiger partial charge on any atom is -0.505 e. The van der Waals surface area contributed by atoms with Crippen LogP contribution in [0.25, 0.3) is 0 Å². The van der Waals surface area contributed by atoms with Crippen molar-refractivity contribution in [3.05, 3.63) is 0 Å². The van der Waals surface area contributed by atoms with E-state index >= 15 is 0 Å². The van der Waals surface area contributed by atoms with Gasteiger partial charge in [-0.1, -0.05) is 0 Å². The lowest BCUT2D eigenvalue weighted by Gasteiger charge is -1.81. The van der Waals surface area contributed by atoms with Crippen LogP contribution in [0.5, 0.6) is 0 Å². The van der Waals surface area contributed by atoms with Crippen molar-refractivity contribution in [3.63, 3.8) is 0 Å². The Bertz CT molecular complexity index is 44.8. The van der Waals surface area contributed by atoms with Gasteiger partial charge in [0.1, 0.15) is 0 Å². The van der Waals surface area contributed by atoms with Gasteiger partial charge in [0.15, 0.2) is 0 Å². The molecule has 1 saturated heterocycles. The first-order valence-electron chi connectivity index (χ1n) is 2.04. The van der Waals surface area contributed by atoms with Gasteiger partial charge in [0.05, 0.1) is 12.6 Å². The summed E-state index contributed by atoms with van der Waals surface area (Å²) >= 11 is 0. The zero-order valence-corrected chi connectivity index (χ0v) is 3.81. The molecule has 0 aromatic heterocycles. The smallest absolute Gasteiger partial charge is 0.290 e. The highest BCUT2D eigenvalue weighted by atomic mass is 16.6. The molecular formula is C2H6B2O2. The molecule has 1 fully saturated rings. The van der Waals surface area contributed by atoms with Crippen LogP contribution in [0, 0.1) is 0 Å². The molecule has 0 spiro atoms. The van der Waals surface area contributed by atoms with Gasteiger partial charge in [0.25, 0.3) is 7.48 Å². The van der Waals surface area contributed by atoms with E-state index in [9.17, 15) is 0 Å². The molecule has 0 aromatic carbocycles. The van der Waals surface area contributed by atoms with Crippen LogP contribution < -0.4 is 0 Å². The predicted octanol–water partition coefficient (Wildman–Crippen LogP) is -1.74. The minimum atomic E-state index is 0.426. The van der Waals surface area contributed by atoms with Crippen molar-refractivity contribution in [3.8, 4) is 0 Å². The molecule has 0 radical (unpaired) electrons. The Morgan fingerprint density at radius 2 is 2.67 bits per heavy atom. The Kier molecular flexibility index (Phi) is 1.17. The van der Waals surface area contributed by atoms with E-state index in [0.29, 0.717) is 6.00 Å². The van der Waals surface area contributed by atoms with Crippen molar-refractivity contribution in [2.75, 3.05) is 6.61 Å². The van der Waals surface area contributed by atoms with Gasteiger partial charge in [-0.25, -0.2) is 0 Å². The van der Waals surface area contributed by atoms with Gasteiger partial charge in [0, 0.05) is 0 Å². The zero-order chi connectivity index (χ0) is 4.41. The molecule has 1 aliphatic heterocycles. The third-order valence-electron chi connectivity index (χ3n) is 0.755. The second-order valence-corrected chi connectivity index (χ2v) is 1.41. The summed E-state index contributed by atoms with van der Waals surface area (Å²) in [6, 6.07) is 0.426. The fourth-order valence-corrected chi connectivity index (χ4v) is 0.350. The molecule has 0 N–H and O–H groups in total. The van der Waals surface area contributed by atoms with Crippen molar-refractivity contribution in [2.45, 2.75) is 6.00 Å². The summed E-state index contributed by atoms with van der Waals surface area (Å²) in [6.07, 6.45) is 0. The third kappa shape index (κ3) is 1.03. The van der Waals surface area contributed by atoms with Crippen LogP contribution in [0.1, 0.15) is 0 Å². The van der Waals surface area contributed by atoms with Gasteiger partial charge in [-0.05, 0) is 0 Å². The van der Waals surface area contributed by atoms with Crippen LogP contribution in [0.15, 0.2) is 0 Å². The highest BCUT2D eigenvalue weighted by Gasteiger charge is 2.22. The van der Waals surface area contributed by atoms with Gasteiger partial charge < -0.3 is 9.31 Å². The molecule has 6 heavy (non-hydrogen) atoms. The van der Waals surface area contributed by atoms with Crippen LogP contribution in [-0.4, -0.2) is 28.1 Å². The molecule has 0 amide bonds. The first-order chi connectivity index (χ1) is 2.93. The highest BCUT2D eigenvalue weighted by Crippen LogP contribution is 2.04. The van der Waals surface area contributed by atoms with E-state index in [2.05, 4.69) is 0 Å². The van der Waals surface area contributed by atoms with E-state index in [4.69, 9.17) is 9.31 Å². The van der Waals surface area contributed by atoms with Crippen molar-refractivity contribution < 1.29 is 9.31 Å². The second-order valence-electron chi connectivity index (χ2n) is 1.41. The molecule has 0 aromatic rings. The van der Waals surface area contributed by atoms with Crippen molar-refractivity contribution in [1.29, 1.82) is 0 Å². The van der Waals surface area contributed by atoms with Crippen molar-refractivity contribution in [2.24, 2.45) is 0 Å². The third-order valence-corrected chi connectivity index (χ3v) is 0.755. The van der Waals surface area contributed by atoms with Crippen LogP contribution >= 0.6 is 0 Å². The Labute approximate surface area is 38.5 Å². The van der Waals surface area contributed by atoms with E-state index < -0.39 is 0 Å². The van der Waals surface area contributed by atoms with Crippen molar-refractivity contribution in [1.82, 2.24) is 0 Å². The molecule has 1 unspecified atom stereocenters. The molecule has 1 rings (SSSR count). The van der Waals surface area contributed by atoms with Crippen LogP contribution in [0.3, 0.4) is 0 Å². The quantitative estimate of drug-likeness (QED) is 0.292. The standard InChI is InChI=1S/C2H6B2O2/c3-6-4-2-1-5-2/h2,4H,1,3H2. The van der Waals surface area contributed by atoms with E-state index in [1.54, 1.807) is 8.05 Å². The van der Waals surface area contributed by atoms with Crippen LogP contribution in [0.4, 0.5) is 0 Å². The van der Waals surface area contributed by atoms with Gasteiger partial charge in [-0.2, -0.15) is 0 Å². The molecule has 4 heteroatoms. The van der Waals surface area contributed by atoms with Crippen LogP contribution in [0.2, 0.25) is 0 Å². The number of ether oxygens (including phenoxy) is 1.